The van der Waals surface area contributed by atoms with Crippen molar-refractivity contribution in [3.05, 3.63) is 85.7 Å². The first-order valence-corrected chi connectivity index (χ1v) is 10.2. The van der Waals surface area contributed by atoms with Gasteiger partial charge in [-0.2, -0.15) is 0 Å². The molecule has 1 heterocycles. The van der Waals surface area contributed by atoms with Crippen molar-refractivity contribution in [3.8, 4) is 0 Å². The molecule has 1 aromatic heterocycles. The smallest absolute Gasteiger partial charge is 0.340 e. The first-order valence-electron chi connectivity index (χ1n) is 8.64. The summed E-state index contributed by atoms with van der Waals surface area (Å²) in [5, 5.41) is 17.6. The minimum Gasteiger partial charge on any atom is -0.465 e. The van der Waals surface area contributed by atoms with Gasteiger partial charge in [0, 0.05) is 23.1 Å². The Hall–Kier alpha value is -3.01. The van der Waals surface area contributed by atoms with Crippen molar-refractivity contribution in [2.24, 2.45) is 0 Å². The van der Waals surface area contributed by atoms with Gasteiger partial charge < -0.3 is 15.4 Å². The predicted octanol–water partition coefficient (Wildman–Crippen LogP) is 5.50. The van der Waals surface area contributed by atoms with Crippen LogP contribution in [0.1, 0.15) is 20.8 Å². The van der Waals surface area contributed by atoms with Gasteiger partial charge in [-0.25, -0.2) is 4.79 Å². The monoisotopic (exact) mass is 461 g/mol. The van der Waals surface area contributed by atoms with Crippen LogP contribution < -0.4 is 10.6 Å². The summed E-state index contributed by atoms with van der Waals surface area (Å²) in [5.41, 5.74) is 1.63. The number of benzene rings is 2. The maximum absolute atomic E-state index is 12.2. The van der Waals surface area contributed by atoms with Gasteiger partial charge in [0.2, 0.25) is 0 Å². The van der Waals surface area contributed by atoms with Crippen LogP contribution in [0.25, 0.3) is 0 Å². The number of anilines is 2. The lowest BCUT2D eigenvalue weighted by atomic mass is 10.1. The van der Waals surface area contributed by atoms with Crippen LogP contribution in [-0.2, 0) is 11.2 Å². The molecule has 0 unspecified atom stereocenters. The van der Waals surface area contributed by atoms with Gasteiger partial charge in [0.15, 0.2) is 5.11 Å². The normalized spacial score (nSPS) is 10.3. The number of hydrogen-bond acceptors (Lipinski definition) is 6. The summed E-state index contributed by atoms with van der Waals surface area (Å²) < 4.78 is 4.87. The Kier molecular flexibility index (Phi) is 6.99. The third-order valence-corrected chi connectivity index (χ3v) is 5.61. The minimum atomic E-state index is -0.575. The lowest BCUT2D eigenvalue weighted by Gasteiger charge is -2.10. The van der Waals surface area contributed by atoms with Crippen LogP contribution in [0.3, 0.4) is 0 Å². The molecule has 0 aliphatic heterocycles. The van der Waals surface area contributed by atoms with Crippen LogP contribution in [-0.4, -0.2) is 23.1 Å². The van der Waals surface area contributed by atoms with Gasteiger partial charge in [0.05, 0.1) is 17.6 Å². The highest BCUT2D eigenvalue weighted by molar-refractivity contribution is 7.80. The minimum absolute atomic E-state index is 0.0289. The zero-order chi connectivity index (χ0) is 21.7. The molecule has 0 atom stereocenters. The molecule has 0 radical (unpaired) electrons. The molecule has 0 saturated carbocycles. The molecule has 0 saturated heterocycles. The van der Waals surface area contributed by atoms with Crippen LogP contribution in [0.5, 0.6) is 0 Å². The molecule has 0 amide bonds. The molecule has 0 spiro atoms. The molecular formula is C20H16ClN3O4S2. The van der Waals surface area contributed by atoms with Crippen LogP contribution in [0.15, 0.2) is 54.6 Å². The molecule has 30 heavy (non-hydrogen) atoms. The zero-order valence-corrected chi connectivity index (χ0v) is 18.1. The molecule has 2 N–H and O–H groups in total. The maximum Gasteiger partial charge on any atom is 0.340 e. The lowest BCUT2D eigenvalue weighted by Crippen LogP contribution is -2.20. The fraction of sp³-hybridized carbons (Fsp3) is 0.100. The molecule has 0 fully saturated rings. The molecule has 0 bridgehead atoms. The number of carbonyl (C=O) groups is 1. The molecule has 3 aromatic rings. The number of rotatable bonds is 6. The molecule has 3 rings (SSSR count). The van der Waals surface area contributed by atoms with E-state index >= 15 is 0 Å². The van der Waals surface area contributed by atoms with Crippen molar-refractivity contribution in [1.82, 2.24) is 0 Å². The van der Waals surface area contributed by atoms with E-state index in [1.54, 1.807) is 12.1 Å². The molecule has 154 valence electrons. The lowest BCUT2D eigenvalue weighted by molar-refractivity contribution is -0.384. The molecule has 2 aromatic carbocycles. The summed E-state index contributed by atoms with van der Waals surface area (Å²) >= 11 is 12.5. The van der Waals surface area contributed by atoms with Gasteiger partial charge in [-0.05, 0) is 36.0 Å². The van der Waals surface area contributed by atoms with E-state index in [0.29, 0.717) is 22.7 Å². The van der Waals surface area contributed by atoms with E-state index in [9.17, 15) is 14.9 Å². The number of nitro groups is 1. The highest BCUT2D eigenvalue weighted by Gasteiger charge is 2.19. The van der Waals surface area contributed by atoms with Crippen LogP contribution in [0, 0.1) is 10.1 Å². The maximum atomic E-state index is 12.2. The number of esters is 1. The highest BCUT2D eigenvalue weighted by atomic mass is 35.5. The summed E-state index contributed by atoms with van der Waals surface area (Å²) in [5.74, 6) is -0.488. The van der Waals surface area contributed by atoms with E-state index in [4.69, 9.17) is 28.6 Å². The average Bonchev–Trinajstić information content (AvgIpc) is 3.11. The third-order valence-electron chi connectivity index (χ3n) is 4.04. The quantitative estimate of drug-likeness (QED) is 0.217. The van der Waals surface area contributed by atoms with E-state index in [2.05, 4.69) is 10.6 Å². The van der Waals surface area contributed by atoms with Gasteiger partial charge >= 0.3 is 5.97 Å². The number of thiophene rings is 1. The number of ether oxygens (including phenoxy) is 1. The number of halogens is 1. The van der Waals surface area contributed by atoms with Crippen LogP contribution >= 0.6 is 35.2 Å². The third kappa shape index (κ3) is 5.32. The van der Waals surface area contributed by atoms with Crippen molar-refractivity contribution >= 4 is 62.6 Å². The molecular weight excluding hydrogens is 446 g/mol. The second kappa shape index (κ2) is 9.66. The van der Waals surface area contributed by atoms with Gasteiger partial charge in [-0.1, -0.05) is 41.9 Å². The molecule has 0 aliphatic rings. The SMILES string of the molecule is COC(=O)c1cc(Cc2ccccc2)sc1NC(=S)Nc1ccc(Cl)c([N+](=O)[O-])c1. The Labute approximate surface area is 186 Å². The Morgan fingerprint density at radius 2 is 1.93 bits per heavy atom. The molecule has 0 aliphatic carbocycles. The second-order valence-electron chi connectivity index (χ2n) is 6.11. The number of nitrogens with one attached hydrogen (secondary N) is 2. The number of thiocarbonyl (C=S) groups is 1. The number of nitrogens with zero attached hydrogens (tertiary/aromatic N) is 1. The first-order chi connectivity index (χ1) is 14.4. The Balaban J connectivity index is 1.79. The number of hydrogen-bond donors (Lipinski definition) is 2. The fourth-order valence-electron chi connectivity index (χ4n) is 2.68. The van der Waals surface area contributed by atoms with E-state index < -0.39 is 10.9 Å². The van der Waals surface area contributed by atoms with E-state index in [-0.39, 0.29) is 15.8 Å². The molecule has 10 heteroatoms. The van der Waals surface area contributed by atoms with E-state index in [0.717, 1.165) is 10.4 Å². The number of carbonyl (C=O) groups excluding carboxylic acids is 1. The summed E-state index contributed by atoms with van der Waals surface area (Å²) in [7, 11) is 1.31. The van der Waals surface area contributed by atoms with Gasteiger partial charge in [0.1, 0.15) is 10.0 Å². The largest absolute Gasteiger partial charge is 0.465 e. The topological polar surface area (TPSA) is 93.5 Å². The van der Waals surface area contributed by atoms with Gasteiger partial charge in [-0.3, -0.25) is 10.1 Å². The van der Waals surface area contributed by atoms with Gasteiger partial charge in [0.25, 0.3) is 5.69 Å². The van der Waals surface area contributed by atoms with Gasteiger partial charge in [-0.15, -0.1) is 11.3 Å². The number of nitro benzene ring substituents is 1. The Bertz CT molecular complexity index is 1100. The first kappa shape index (κ1) is 21.7. The predicted molar refractivity (Wildman–Crippen MR) is 123 cm³/mol. The summed E-state index contributed by atoms with van der Waals surface area (Å²) in [6.07, 6.45) is 0.654. The summed E-state index contributed by atoms with van der Waals surface area (Å²) in [6, 6.07) is 15.9. The Morgan fingerprint density at radius 1 is 1.20 bits per heavy atom. The van der Waals surface area contributed by atoms with Crippen LogP contribution in [0.4, 0.5) is 16.4 Å². The summed E-state index contributed by atoms with van der Waals surface area (Å²) in [4.78, 5) is 23.6. The average molecular weight is 462 g/mol. The fourth-order valence-corrected chi connectivity index (χ4v) is 4.23. The van der Waals surface area contributed by atoms with E-state index in [1.165, 1.54) is 30.6 Å². The summed E-state index contributed by atoms with van der Waals surface area (Å²) in [6.45, 7) is 0. The zero-order valence-electron chi connectivity index (χ0n) is 15.7. The highest BCUT2D eigenvalue weighted by Crippen LogP contribution is 2.31. The van der Waals surface area contributed by atoms with Crippen molar-refractivity contribution in [3.63, 3.8) is 0 Å². The second-order valence-corrected chi connectivity index (χ2v) is 8.06. The van der Waals surface area contributed by atoms with Crippen LogP contribution in [0.2, 0.25) is 5.02 Å². The van der Waals surface area contributed by atoms with Crippen molar-refractivity contribution in [2.75, 3.05) is 17.7 Å². The molecule has 7 nitrogen and oxygen atoms in total. The van der Waals surface area contributed by atoms with E-state index in [1.807, 2.05) is 30.3 Å². The van der Waals surface area contributed by atoms with Crippen molar-refractivity contribution < 1.29 is 14.5 Å². The van der Waals surface area contributed by atoms with Crippen molar-refractivity contribution in [1.29, 1.82) is 0 Å². The van der Waals surface area contributed by atoms with Crippen molar-refractivity contribution in [2.45, 2.75) is 6.42 Å². The number of methoxy groups -OCH3 is 1. The Morgan fingerprint density at radius 3 is 2.60 bits per heavy atom. The standard InChI is InChI=1S/C20H16ClN3O4S2/c1-28-19(25)15-11-14(9-12-5-3-2-4-6-12)30-18(15)23-20(29)22-13-7-8-16(21)17(10-13)24(26)27/h2-8,10-11H,9H2,1H3,(H2,22,23,29).